The number of hydrazine groups is 1. The number of nitrogens with zero attached hydrogens (tertiary/aromatic N) is 5. The van der Waals surface area contributed by atoms with Crippen LogP contribution in [0.4, 0.5) is 21.5 Å². The van der Waals surface area contributed by atoms with Crippen molar-refractivity contribution < 1.29 is 23.5 Å². The zero-order chi connectivity index (χ0) is 29.2. The highest BCUT2D eigenvalue weighted by atomic mass is 19.1. The largest absolute Gasteiger partial charge is 0.378 e. The Kier molecular flexibility index (Phi) is 7.90. The zero-order valence-electron chi connectivity index (χ0n) is 23.7. The number of aryl methyl sites for hydroxylation is 1. The van der Waals surface area contributed by atoms with E-state index < -0.39 is 11.7 Å². The van der Waals surface area contributed by atoms with Gasteiger partial charge in [-0.2, -0.15) is 0 Å². The Morgan fingerprint density at radius 2 is 1.76 bits per heavy atom. The van der Waals surface area contributed by atoms with E-state index in [0.29, 0.717) is 82.0 Å². The smallest absolute Gasteiger partial charge is 0.255 e. The highest BCUT2D eigenvalue weighted by Crippen LogP contribution is 2.33. The first kappa shape index (κ1) is 27.9. The predicted molar refractivity (Wildman–Crippen MR) is 158 cm³/mol. The van der Waals surface area contributed by atoms with Gasteiger partial charge in [-0.05, 0) is 55.3 Å². The van der Waals surface area contributed by atoms with Crippen molar-refractivity contribution >= 4 is 41.1 Å². The monoisotopic (exact) mass is 575 g/mol. The number of anilines is 2. The van der Waals surface area contributed by atoms with Gasteiger partial charge in [0.15, 0.2) is 5.84 Å². The lowest BCUT2D eigenvalue weighted by molar-refractivity contribution is -0.138. The number of amidine groups is 1. The average Bonchev–Trinajstić information content (AvgIpc) is 3.36. The Balaban J connectivity index is 1.23. The predicted octanol–water partition coefficient (Wildman–Crippen LogP) is 2.86. The first-order valence-electron chi connectivity index (χ1n) is 14.2. The summed E-state index contributed by atoms with van der Waals surface area (Å²) in [5, 5.41) is 4.79. The van der Waals surface area contributed by atoms with Gasteiger partial charge in [-0.1, -0.05) is 6.07 Å². The maximum atomic E-state index is 14.5. The van der Waals surface area contributed by atoms with Gasteiger partial charge in [-0.3, -0.25) is 20.0 Å². The van der Waals surface area contributed by atoms with Crippen molar-refractivity contribution in [2.45, 2.75) is 13.8 Å². The number of aliphatic imine (C=N–C) groups is 2. The van der Waals surface area contributed by atoms with Crippen molar-refractivity contribution in [2.75, 3.05) is 69.4 Å². The molecule has 220 valence electrons. The Hall–Kier alpha value is -4.29. The van der Waals surface area contributed by atoms with Crippen LogP contribution in [0.3, 0.4) is 0 Å². The molecule has 4 aliphatic heterocycles. The van der Waals surface area contributed by atoms with E-state index in [9.17, 15) is 14.0 Å². The second-order valence-electron chi connectivity index (χ2n) is 10.7. The van der Waals surface area contributed by atoms with Gasteiger partial charge >= 0.3 is 0 Å². The minimum absolute atomic E-state index is 0.0777. The number of hydrogen-bond donors (Lipinski definition) is 2. The summed E-state index contributed by atoms with van der Waals surface area (Å²) >= 11 is 0. The molecule has 0 aromatic heterocycles. The number of hydrogen-bond acceptors (Lipinski definition) is 8. The number of amides is 2. The Bertz CT molecular complexity index is 1480. The molecule has 12 heteroatoms. The van der Waals surface area contributed by atoms with Crippen molar-refractivity contribution in [1.82, 2.24) is 15.3 Å². The minimum Gasteiger partial charge on any atom is -0.378 e. The lowest BCUT2D eigenvalue weighted by Gasteiger charge is -2.30. The fourth-order valence-electron chi connectivity index (χ4n) is 5.61. The first-order valence-corrected chi connectivity index (χ1v) is 14.2. The van der Waals surface area contributed by atoms with Gasteiger partial charge in [-0.15, -0.1) is 0 Å². The average molecular weight is 576 g/mol. The van der Waals surface area contributed by atoms with E-state index in [-0.39, 0.29) is 17.4 Å². The number of benzene rings is 2. The van der Waals surface area contributed by atoms with Crippen molar-refractivity contribution in [2.24, 2.45) is 15.9 Å². The van der Waals surface area contributed by atoms with Crippen molar-refractivity contribution in [1.29, 1.82) is 0 Å². The van der Waals surface area contributed by atoms with Gasteiger partial charge in [0.05, 0.1) is 44.6 Å². The Morgan fingerprint density at radius 1 is 1.02 bits per heavy atom. The summed E-state index contributed by atoms with van der Waals surface area (Å²) in [6.45, 7) is 9.03. The SMILES string of the molecule is CC1=C2C(=Nc3cc(NC(=O)c4cc(F)cc(N5CCOCC5)c4)ccc3C)N=CNN2CC1C(=O)N1CCOCC1. The number of ether oxygens (including phenoxy) is 2. The molecular weight excluding hydrogens is 541 g/mol. The molecule has 2 fully saturated rings. The number of carbonyl (C=O) groups excluding carboxylic acids is 2. The quantitative estimate of drug-likeness (QED) is 0.564. The van der Waals surface area contributed by atoms with Crippen molar-refractivity contribution in [3.05, 3.63) is 64.6 Å². The van der Waals surface area contributed by atoms with Crippen LogP contribution < -0.4 is 15.6 Å². The summed E-state index contributed by atoms with van der Waals surface area (Å²) in [5.74, 6) is -0.641. The fourth-order valence-corrected chi connectivity index (χ4v) is 5.61. The number of fused-ring (bicyclic) bond motifs is 1. The van der Waals surface area contributed by atoms with Crippen LogP contribution in [0.5, 0.6) is 0 Å². The van der Waals surface area contributed by atoms with Crippen LogP contribution in [-0.4, -0.2) is 93.0 Å². The maximum Gasteiger partial charge on any atom is 0.255 e. The minimum atomic E-state index is -0.473. The van der Waals surface area contributed by atoms with E-state index in [4.69, 9.17) is 14.5 Å². The molecule has 0 spiro atoms. The molecular formula is C30H34FN7O4. The molecule has 2 amide bonds. The molecule has 0 radical (unpaired) electrons. The van der Waals surface area contributed by atoms with Gasteiger partial charge < -0.3 is 24.6 Å². The lowest BCUT2D eigenvalue weighted by Crippen LogP contribution is -2.46. The molecule has 1 atom stereocenters. The third kappa shape index (κ3) is 5.72. The Morgan fingerprint density at radius 3 is 2.52 bits per heavy atom. The molecule has 42 heavy (non-hydrogen) atoms. The third-order valence-corrected chi connectivity index (χ3v) is 7.98. The molecule has 4 aliphatic rings. The molecule has 2 N–H and O–H groups in total. The second-order valence-corrected chi connectivity index (χ2v) is 10.7. The van der Waals surface area contributed by atoms with Crippen LogP contribution in [0.2, 0.25) is 0 Å². The van der Waals surface area contributed by atoms with E-state index in [2.05, 4.69) is 15.7 Å². The number of morpholine rings is 2. The van der Waals surface area contributed by atoms with Crippen LogP contribution in [0.1, 0.15) is 22.8 Å². The number of rotatable bonds is 5. The lowest BCUT2D eigenvalue weighted by atomic mass is 10.00. The molecule has 1 unspecified atom stereocenters. The molecule has 0 bridgehead atoms. The van der Waals surface area contributed by atoms with E-state index >= 15 is 0 Å². The summed E-state index contributed by atoms with van der Waals surface area (Å²) < 4.78 is 25.3. The second kappa shape index (κ2) is 11.9. The van der Waals surface area contributed by atoms with Gasteiger partial charge in [0.2, 0.25) is 5.91 Å². The van der Waals surface area contributed by atoms with Gasteiger partial charge in [0.25, 0.3) is 5.91 Å². The maximum absolute atomic E-state index is 14.5. The number of nitrogens with one attached hydrogen (secondary N) is 2. The summed E-state index contributed by atoms with van der Waals surface area (Å²) in [7, 11) is 0. The van der Waals surface area contributed by atoms with Gasteiger partial charge in [-0.25, -0.2) is 14.4 Å². The summed E-state index contributed by atoms with van der Waals surface area (Å²) in [6, 6.07) is 9.78. The standard InChI is InChI=1S/C30H34FN7O4/c1-19-3-4-23(34-29(39)21-13-22(31)15-24(14-21)36-5-9-41-10-6-36)16-26(19)35-28-27-20(2)25(17-38(27)33-18-32-28)30(40)37-7-11-42-12-8-37/h3-4,13-16,18,25H,5-12,17H2,1-2H3,(H,34,39)(H,32,33,35). The van der Waals surface area contributed by atoms with Crippen molar-refractivity contribution in [3.63, 3.8) is 0 Å². The van der Waals surface area contributed by atoms with Crippen LogP contribution >= 0.6 is 0 Å². The van der Waals surface area contributed by atoms with E-state index in [1.807, 2.05) is 34.7 Å². The van der Waals surface area contributed by atoms with E-state index in [1.165, 1.54) is 12.1 Å². The topological polar surface area (TPSA) is 111 Å². The van der Waals surface area contributed by atoms with Crippen LogP contribution in [0.15, 0.2) is 57.7 Å². The van der Waals surface area contributed by atoms with Crippen LogP contribution in [0.25, 0.3) is 0 Å². The highest BCUT2D eigenvalue weighted by Gasteiger charge is 2.39. The summed E-state index contributed by atoms with van der Waals surface area (Å²) in [6.07, 6.45) is 1.56. The summed E-state index contributed by atoms with van der Waals surface area (Å²) in [4.78, 5) is 39.7. The molecule has 0 aliphatic carbocycles. The van der Waals surface area contributed by atoms with E-state index in [0.717, 1.165) is 16.8 Å². The normalized spacial score (nSPS) is 21.5. The first-order chi connectivity index (χ1) is 20.4. The molecule has 6 rings (SSSR count). The van der Waals surface area contributed by atoms with E-state index in [1.54, 1.807) is 24.5 Å². The summed E-state index contributed by atoms with van der Waals surface area (Å²) in [5.41, 5.74) is 7.71. The third-order valence-electron chi connectivity index (χ3n) is 7.98. The zero-order valence-corrected chi connectivity index (χ0v) is 23.7. The van der Waals surface area contributed by atoms with Gasteiger partial charge in [0, 0.05) is 43.1 Å². The molecule has 4 heterocycles. The molecule has 11 nitrogen and oxygen atoms in total. The van der Waals surface area contributed by atoms with Crippen LogP contribution in [-0.2, 0) is 14.3 Å². The Labute approximate surface area is 243 Å². The highest BCUT2D eigenvalue weighted by molar-refractivity contribution is 6.07. The van der Waals surface area contributed by atoms with Crippen LogP contribution in [0, 0.1) is 18.7 Å². The molecule has 2 aromatic carbocycles. The molecule has 2 saturated heterocycles. The van der Waals surface area contributed by atoms with Gasteiger partial charge in [0.1, 0.15) is 17.9 Å². The fraction of sp³-hybridized carbons (Fsp3) is 0.400. The molecule has 2 aromatic rings. The van der Waals surface area contributed by atoms with Crippen molar-refractivity contribution in [3.8, 4) is 0 Å². The molecule has 0 saturated carbocycles. The number of halogens is 1. The number of carbonyl (C=O) groups is 2.